The molecule has 0 bridgehead atoms. The Labute approximate surface area is 79.0 Å². The molecule has 1 aromatic heterocycles. The van der Waals surface area contributed by atoms with E-state index in [1.807, 2.05) is 6.26 Å². The molecule has 0 radical (unpaired) electrons. The number of hydrogen-bond donors (Lipinski definition) is 2. The fourth-order valence-electron chi connectivity index (χ4n) is 0.882. The van der Waals surface area contributed by atoms with Crippen LogP contribution in [0.15, 0.2) is 15.8 Å². The topological polar surface area (TPSA) is 80.9 Å². The summed E-state index contributed by atoms with van der Waals surface area (Å²) in [6, 6.07) is 0. The number of nitrogen functional groups attached to an aromatic ring is 1. The van der Waals surface area contributed by atoms with Crippen LogP contribution in [0.2, 0.25) is 0 Å². The predicted octanol–water partition coefficient (Wildman–Crippen LogP) is -0.518. The summed E-state index contributed by atoms with van der Waals surface area (Å²) >= 11 is 1.62. The molecule has 1 rings (SSSR count). The first-order valence-corrected chi connectivity index (χ1v) is 5.12. The quantitative estimate of drug-likeness (QED) is 0.689. The molecule has 13 heavy (non-hydrogen) atoms. The van der Waals surface area contributed by atoms with Crippen molar-refractivity contribution >= 4 is 17.4 Å². The molecule has 0 atom stereocenters. The van der Waals surface area contributed by atoms with Crippen LogP contribution >= 0.6 is 11.8 Å². The molecule has 0 aliphatic heterocycles. The number of hydrogen-bond acceptors (Lipinski definition) is 4. The van der Waals surface area contributed by atoms with Crippen LogP contribution in [0, 0.1) is 0 Å². The van der Waals surface area contributed by atoms with Gasteiger partial charge in [-0.2, -0.15) is 11.8 Å². The van der Waals surface area contributed by atoms with Gasteiger partial charge in [-0.05, 0) is 6.26 Å². The normalized spacial score (nSPS) is 10.2. The second-order valence-electron chi connectivity index (χ2n) is 2.53. The van der Waals surface area contributed by atoms with Gasteiger partial charge in [-0.15, -0.1) is 0 Å². The number of aromatic nitrogens is 2. The molecule has 0 saturated carbocycles. The molecule has 1 aromatic rings. The number of nitrogens with zero attached hydrogens (tertiary/aromatic N) is 1. The minimum Gasteiger partial charge on any atom is -0.393 e. The first-order valence-electron chi connectivity index (χ1n) is 3.73. The highest BCUT2D eigenvalue weighted by Gasteiger charge is 1.99. The fourth-order valence-corrected chi connectivity index (χ4v) is 1.26. The molecule has 5 nitrogen and oxygen atoms in total. The van der Waals surface area contributed by atoms with E-state index in [9.17, 15) is 9.59 Å². The number of thioether (sulfide) groups is 1. The Kier molecular flexibility index (Phi) is 3.18. The van der Waals surface area contributed by atoms with Crippen LogP contribution in [0.25, 0.3) is 0 Å². The third-order valence-electron chi connectivity index (χ3n) is 1.57. The molecule has 72 valence electrons. The molecule has 0 aromatic carbocycles. The van der Waals surface area contributed by atoms with E-state index in [4.69, 9.17) is 5.73 Å². The van der Waals surface area contributed by atoms with Crippen LogP contribution in [-0.4, -0.2) is 21.6 Å². The van der Waals surface area contributed by atoms with Crippen LogP contribution in [-0.2, 0) is 6.54 Å². The van der Waals surface area contributed by atoms with Crippen molar-refractivity contribution in [3.05, 3.63) is 27.0 Å². The molecule has 0 fully saturated rings. The van der Waals surface area contributed by atoms with Crippen molar-refractivity contribution in [2.45, 2.75) is 6.54 Å². The number of aryl methyl sites for hydroxylation is 1. The molecule has 3 N–H and O–H groups in total. The van der Waals surface area contributed by atoms with Gasteiger partial charge in [0.1, 0.15) is 5.69 Å². The molecule has 0 amide bonds. The molecule has 0 aliphatic rings. The molecular weight excluding hydrogens is 190 g/mol. The number of nitrogens with one attached hydrogen (secondary N) is 1. The van der Waals surface area contributed by atoms with Crippen molar-refractivity contribution in [1.29, 1.82) is 0 Å². The lowest BCUT2D eigenvalue weighted by Gasteiger charge is -2.03. The molecule has 0 saturated heterocycles. The van der Waals surface area contributed by atoms with Crippen LogP contribution in [0.5, 0.6) is 0 Å². The number of anilines is 1. The van der Waals surface area contributed by atoms with Gasteiger partial charge < -0.3 is 5.73 Å². The maximum absolute atomic E-state index is 11.1. The van der Waals surface area contributed by atoms with Gasteiger partial charge in [0, 0.05) is 18.5 Å². The van der Waals surface area contributed by atoms with Gasteiger partial charge in [0.2, 0.25) is 0 Å². The molecule has 0 unspecified atom stereocenters. The second-order valence-corrected chi connectivity index (χ2v) is 3.52. The first-order chi connectivity index (χ1) is 6.15. The summed E-state index contributed by atoms with van der Waals surface area (Å²) in [5.74, 6) is 0.811. The highest BCUT2D eigenvalue weighted by Crippen LogP contribution is 1.93. The van der Waals surface area contributed by atoms with Crippen molar-refractivity contribution in [3.63, 3.8) is 0 Å². The van der Waals surface area contributed by atoms with Crippen LogP contribution in [0.1, 0.15) is 0 Å². The van der Waals surface area contributed by atoms with Crippen LogP contribution < -0.4 is 17.0 Å². The summed E-state index contributed by atoms with van der Waals surface area (Å²) in [7, 11) is 0. The Balaban J connectivity index is 3.02. The van der Waals surface area contributed by atoms with E-state index in [1.165, 1.54) is 10.8 Å². The number of aromatic amines is 1. The lowest BCUT2D eigenvalue weighted by atomic mass is 10.5. The lowest BCUT2D eigenvalue weighted by Crippen LogP contribution is -2.31. The van der Waals surface area contributed by atoms with Gasteiger partial charge in [-0.1, -0.05) is 0 Å². The Hall–Kier alpha value is -1.17. The van der Waals surface area contributed by atoms with E-state index >= 15 is 0 Å². The summed E-state index contributed by atoms with van der Waals surface area (Å²) in [6.07, 6.45) is 3.32. The van der Waals surface area contributed by atoms with Gasteiger partial charge in [0.15, 0.2) is 0 Å². The summed E-state index contributed by atoms with van der Waals surface area (Å²) in [5.41, 5.74) is 4.49. The second kappa shape index (κ2) is 4.18. The zero-order chi connectivity index (χ0) is 9.84. The van der Waals surface area contributed by atoms with Gasteiger partial charge in [0.05, 0.1) is 0 Å². The van der Waals surface area contributed by atoms with E-state index in [-0.39, 0.29) is 5.69 Å². The molecule has 0 spiro atoms. The maximum atomic E-state index is 11.1. The highest BCUT2D eigenvalue weighted by molar-refractivity contribution is 7.98. The zero-order valence-electron chi connectivity index (χ0n) is 7.24. The fraction of sp³-hybridized carbons (Fsp3) is 0.429. The minimum absolute atomic E-state index is 0.0701. The first kappa shape index (κ1) is 9.91. The Morgan fingerprint density at radius 2 is 2.31 bits per heavy atom. The monoisotopic (exact) mass is 201 g/mol. The largest absolute Gasteiger partial charge is 0.393 e. The summed E-state index contributed by atoms with van der Waals surface area (Å²) in [5, 5.41) is 0. The number of H-pyrrole nitrogens is 1. The Morgan fingerprint density at radius 1 is 1.62 bits per heavy atom. The van der Waals surface area contributed by atoms with Crippen LogP contribution in [0.3, 0.4) is 0 Å². The number of nitrogens with two attached hydrogens (primary N) is 1. The van der Waals surface area contributed by atoms with Gasteiger partial charge in [-0.3, -0.25) is 14.3 Å². The van der Waals surface area contributed by atoms with E-state index in [0.717, 1.165) is 5.75 Å². The molecule has 6 heteroatoms. The van der Waals surface area contributed by atoms with E-state index in [1.54, 1.807) is 11.8 Å². The number of rotatable bonds is 3. The molecule has 0 aliphatic carbocycles. The molecular formula is C7H11N3O2S. The average Bonchev–Trinajstić information content (AvgIpc) is 2.09. The molecule has 1 heterocycles. The minimum atomic E-state index is -0.523. The van der Waals surface area contributed by atoms with E-state index < -0.39 is 11.2 Å². The van der Waals surface area contributed by atoms with Crippen molar-refractivity contribution in [2.24, 2.45) is 0 Å². The summed E-state index contributed by atoms with van der Waals surface area (Å²) in [4.78, 5) is 24.1. The van der Waals surface area contributed by atoms with Crippen LogP contribution in [0.4, 0.5) is 5.69 Å². The SMILES string of the molecule is CSCCn1cc(N)c(=O)[nH]c1=O. The average molecular weight is 201 g/mol. The van der Waals surface area contributed by atoms with Gasteiger partial charge in [-0.25, -0.2) is 4.79 Å². The standard InChI is InChI=1S/C7H11N3O2S/c1-13-3-2-10-4-5(8)6(11)9-7(10)12/h4H,2-3,8H2,1H3,(H,9,11,12). The highest BCUT2D eigenvalue weighted by atomic mass is 32.2. The third-order valence-corrected chi connectivity index (χ3v) is 2.17. The Morgan fingerprint density at radius 3 is 2.92 bits per heavy atom. The van der Waals surface area contributed by atoms with Gasteiger partial charge >= 0.3 is 5.69 Å². The smallest absolute Gasteiger partial charge is 0.328 e. The maximum Gasteiger partial charge on any atom is 0.328 e. The van der Waals surface area contributed by atoms with E-state index in [2.05, 4.69) is 4.98 Å². The lowest BCUT2D eigenvalue weighted by molar-refractivity contribution is 0.703. The predicted molar refractivity (Wildman–Crippen MR) is 54.1 cm³/mol. The zero-order valence-corrected chi connectivity index (χ0v) is 8.06. The summed E-state index contributed by atoms with van der Waals surface area (Å²) in [6.45, 7) is 0.557. The van der Waals surface area contributed by atoms with E-state index in [0.29, 0.717) is 6.54 Å². The van der Waals surface area contributed by atoms with Crippen molar-refractivity contribution in [1.82, 2.24) is 9.55 Å². The van der Waals surface area contributed by atoms with Crippen molar-refractivity contribution in [2.75, 3.05) is 17.7 Å². The van der Waals surface area contributed by atoms with Crippen molar-refractivity contribution in [3.8, 4) is 0 Å². The Bertz CT molecular complexity index is 395. The third kappa shape index (κ3) is 2.38. The van der Waals surface area contributed by atoms with Crippen molar-refractivity contribution < 1.29 is 0 Å². The summed E-state index contributed by atoms with van der Waals surface area (Å²) < 4.78 is 1.40. The van der Waals surface area contributed by atoms with Gasteiger partial charge in [0.25, 0.3) is 5.56 Å².